The van der Waals surface area contributed by atoms with Crippen LogP contribution in [0.2, 0.25) is 0 Å². The standard InChI is InChI=1S/C48H63FO2S/c1-30-5-13-36(14-6-30)38-17-9-34(10-18-38)28-50-44-23-24-45(51-29-35-11-19-39(20-12-35)37-15-7-31(2)8-16-37)48-43(44)27-46(52-48)40-21-22-42-33(4)47(49)32(3)25-41(42)26-40/h21-27,30-31,34-39H,5-20,28-29H2,1-4H3. The lowest BCUT2D eigenvalue weighted by Gasteiger charge is -2.37. The predicted molar refractivity (Wildman–Crippen MR) is 218 cm³/mol. The Balaban J connectivity index is 0.978. The van der Waals surface area contributed by atoms with Gasteiger partial charge in [-0.15, -0.1) is 11.3 Å². The molecule has 0 amide bonds. The number of aryl methyl sites for hydroxylation is 2. The molecule has 280 valence electrons. The van der Waals surface area contributed by atoms with Crippen LogP contribution in [0.15, 0.2) is 42.5 Å². The molecule has 0 bridgehead atoms. The Hall–Kier alpha value is -2.59. The van der Waals surface area contributed by atoms with Gasteiger partial charge in [-0.3, -0.25) is 0 Å². The Morgan fingerprint density at radius 3 is 1.63 bits per heavy atom. The summed E-state index contributed by atoms with van der Waals surface area (Å²) in [6, 6.07) is 15.2. The Bertz CT molecular complexity index is 1730. The number of ether oxygens (including phenoxy) is 2. The molecule has 0 unspecified atom stereocenters. The van der Waals surface area contributed by atoms with E-state index in [1.54, 1.807) is 0 Å². The average molecular weight is 723 g/mol. The van der Waals surface area contributed by atoms with Crippen LogP contribution < -0.4 is 9.47 Å². The van der Waals surface area contributed by atoms with Crippen LogP contribution in [0.1, 0.15) is 128 Å². The molecule has 4 heteroatoms. The lowest BCUT2D eigenvalue weighted by atomic mass is 9.69. The number of hydrogen-bond donors (Lipinski definition) is 0. The van der Waals surface area contributed by atoms with Crippen LogP contribution in [0, 0.1) is 67.0 Å². The molecule has 4 aromatic rings. The van der Waals surface area contributed by atoms with Crippen molar-refractivity contribution in [3.63, 3.8) is 0 Å². The van der Waals surface area contributed by atoms with Gasteiger partial charge in [0.2, 0.25) is 0 Å². The highest BCUT2D eigenvalue weighted by atomic mass is 32.1. The molecule has 2 nitrogen and oxygen atoms in total. The largest absolute Gasteiger partial charge is 0.493 e. The minimum Gasteiger partial charge on any atom is -0.493 e. The van der Waals surface area contributed by atoms with Crippen molar-refractivity contribution in [2.75, 3.05) is 13.2 Å². The third-order valence-corrected chi connectivity index (χ3v) is 15.8. The molecule has 1 aromatic heterocycles. The highest BCUT2D eigenvalue weighted by Crippen LogP contribution is 2.46. The van der Waals surface area contributed by atoms with Crippen LogP contribution in [0.4, 0.5) is 4.39 Å². The van der Waals surface area contributed by atoms with Gasteiger partial charge in [0.1, 0.15) is 17.3 Å². The Kier molecular flexibility index (Phi) is 11.2. The molecule has 4 fully saturated rings. The number of benzene rings is 3. The minimum absolute atomic E-state index is 0.0973. The topological polar surface area (TPSA) is 18.5 Å². The zero-order valence-corrected chi connectivity index (χ0v) is 33.3. The van der Waals surface area contributed by atoms with Gasteiger partial charge in [-0.2, -0.15) is 0 Å². The highest BCUT2D eigenvalue weighted by molar-refractivity contribution is 7.22. The maximum Gasteiger partial charge on any atom is 0.137 e. The van der Waals surface area contributed by atoms with E-state index in [2.05, 4.69) is 50.2 Å². The van der Waals surface area contributed by atoms with Crippen LogP contribution in [0.5, 0.6) is 11.5 Å². The molecule has 1 heterocycles. The molecular formula is C48H63FO2S. The van der Waals surface area contributed by atoms with Gasteiger partial charge in [-0.05, 0) is 196 Å². The summed E-state index contributed by atoms with van der Waals surface area (Å²) >= 11 is 1.82. The first kappa shape index (κ1) is 36.4. The maximum atomic E-state index is 14.7. The first-order chi connectivity index (χ1) is 25.3. The van der Waals surface area contributed by atoms with Gasteiger partial charge in [-0.1, -0.05) is 51.7 Å². The summed E-state index contributed by atoms with van der Waals surface area (Å²) in [7, 11) is 0. The molecule has 3 aromatic carbocycles. The second-order valence-corrected chi connectivity index (χ2v) is 19.3. The van der Waals surface area contributed by atoms with Crippen LogP contribution in [-0.2, 0) is 0 Å². The van der Waals surface area contributed by atoms with E-state index in [0.29, 0.717) is 17.4 Å². The molecule has 0 saturated heterocycles. The van der Waals surface area contributed by atoms with Crippen molar-refractivity contribution < 1.29 is 13.9 Å². The van der Waals surface area contributed by atoms with Gasteiger partial charge < -0.3 is 9.47 Å². The number of rotatable bonds is 9. The quantitative estimate of drug-likeness (QED) is 0.171. The van der Waals surface area contributed by atoms with E-state index in [4.69, 9.17) is 9.47 Å². The summed E-state index contributed by atoms with van der Waals surface area (Å²) in [4.78, 5) is 1.21. The zero-order valence-electron chi connectivity index (χ0n) is 32.5. The molecular weight excluding hydrogens is 660 g/mol. The number of thiophene rings is 1. The number of halogens is 1. The Morgan fingerprint density at radius 1 is 0.577 bits per heavy atom. The van der Waals surface area contributed by atoms with E-state index in [1.807, 2.05) is 31.3 Å². The van der Waals surface area contributed by atoms with Crippen molar-refractivity contribution in [2.45, 2.75) is 130 Å². The van der Waals surface area contributed by atoms with Gasteiger partial charge in [0.25, 0.3) is 0 Å². The summed E-state index contributed by atoms with van der Waals surface area (Å²) in [5, 5.41) is 3.25. The van der Waals surface area contributed by atoms with Crippen molar-refractivity contribution in [3.05, 3.63) is 59.4 Å². The number of hydrogen-bond acceptors (Lipinski definition) is 3. The summed E-state index contributed by atoms with van der Waals surface area (Å²) in [6.07, 6.45) is 22.3. The molecule has 0 aliphatic heterocycles. The first-order valence-electron chi connectivity index (χ1n) is 21.3. The normalized spacial score (nSPS) is 30.1. The third-order valence-electron chi connectivity index (χ3n) is 14.6. The van der Waals surface area contributed by atoms with Crippen LogP contribution in [0.3, 0.4) is 0 Å². The lowest BCUT2D eigenvalue weighted by Crippen LogP contribution is -2.27. The zero-order chi connectivity index (χ0) is 35.8. The Labute approximate surface area is 317 Å². The van der Waals surface area contributed by atoms with E-state index in [9.17, 15) is 4.39 Å². The fraction of sp³-hybridized carbons (Fsp3) is 0.625. The van der Waals surface area contributed by atoms with Crippen molar-refractivity contribution in [1.29, 1.82) is 0 Å². The summed E-state index contributed by atoms with van der Waals surface area (Å²) in [6.45, 7) is 10.2. The molecule has 8 rings (SSSR count). The molecule has 0 spiro atoms. The van der Waals surface area contributed by atoms with Crippen molar-refractivity contribution in [2.24, 2.45) is 47.3 Å². The van der Waals surface area contributed by atoms with E-state index >= 15 is 0 Å². The van der Waals surface area contributed by atoms with Gasteiger partial charge in [0, 0.05) is 10.3 Å². The SMILES string of the molecule is Cc1cc2cc(-c3cc4c(OCC5CCC(C6CCC(C)CC6)CC5)ccc(OCC5CCC(C6CCC(C)CC6)CC5)c4s3)ccc2c(C)c1F. The van der Waals surface area contributed by atoms with E-state index in [-0.39, 0.29) is 5.82 Å². The van der Waals surface area contributed by atoms with E-state index in [1.165, 1.54) is 123 Å². The van der Waals surface area contributed by atoms with Gasteiger partial charge in [0.15, 0.2) is 0 Å². The van der Waals surface area contributed by atoms with Gasteiger partial charge in [-0.25, -0.2) is 4.39 Å². The van der Waals surface area contributed by atoms with E-state index in [0.717, 1.165) is 76.6 Å². The van der Waals surface area contributed by atoms with Gasteiger partial charge in [0.05, 0.1) is 17.9 Å². The molecule has 4 saturated carbocycles. The molecule has 0 atom stereocenters. The second-order valence-electron chi connectivity index (χ2n) is 18.2. The Morgan fingerprint density at radius 2 is 1.08 bits per heavy atom. The van der Waals surface area contributed by atoms with Crippen LogP contribution >= 0.6 is 11.3 Å². The smallest absolute Gasteiger partial charge is 0.137 e. The highest BCUT2D eigenvalue weighted by Gasteiger charge is 2.32. The van der Waals surface area contributed by atoms with Crippen molar-refractivity contribution in [1.82, 2.24) is 0 Å². The second kappa shape index (κ2) is 16.0. The van der Waals surface area contributed by atoms with Crippen molar-refractivity contribution in [3.8, 4) is 21.9 Å². The summed E-state index contributed by atoms with van der Waals surface area (Å²) < 4.78 is 29.4. The summed E-state index contributed by atoms with van der Waals surface area (Å²) in [5.41, 5.74) is 2.60. The first-order valence-corrected chi connectivity index (χ1v) is 22.1. The van der Waals surface area contributed by atoms with Gasteiger partial charge >= 0.3 is 0 Å². The predicted octanol–water partition coefficient (Wildman–Crippen LogP) is 14.5. The van der Waals surface area contributed by atoms with Crippen molar-refractivity contribution >= 4 is 32.2 Å². The molecule has 52 heavy (non-hydrogen) atoms. The summed E-state index contributed by atoms with van der Waals surface area (Å²) in [5.74, 6) is 8.84. The monoisotopic (exact) mass is 722 g/mol. The lowest BCUT2D eigenvalue weighted by molar-refractivity contribution is 0.125. The molecule has 4 aliphatic rings. The van der Waals surface area contributed by atoms with E-state index < -0.39 is 0 Å². The van der Waals surface area contributed by atoms with Crippen LogP contribution in [0.25, 0.3) is 31.3 Å². The fourth-order valence-corrected chi connectivity index (χ4v) is 12.1. The average Bonchev–Trinajstić information content (AvgIpc) is 3.63. The molecule has 0 radical (unpaired) electrons. The minimum atomic E-state index is -0.0973. The fourth-order valence-electron chi connectivity index (χ4n) is 10.9. The van der Waals surface area contributed by atoms with Crippen LogP contribution in [-0.4, -0.2) is 13.2 Å². The number of fused-ring (bicyclic) bond motifs is 2. The third kappa shape index (κ3) is 7.94. The maximum absolute atomic E-state index is 14.7. The molecule has 0 N–H and O–H groups in total. The molecule has 4 aliphatic carbocycles.